The zero-order valence-corrected chi connectivity index (χ0v) is 10.5. The molecule has 0 heterocycles. The Morgan fingerprint density at radius 3 is 0.812 bits per heavy atom. The summed E-state index contributed by atoms with van der Waals surface area (Å²) in [5.41, 5.74) is 0. The van der Waals surface area contributed by atoms with E-state index < -0.39 is 0 Å². The Balaban J connectivity index is 1.73. The van der Waals surface area contributed by atoms with Crippen LogP contribution in [0, 0.1) is 35.5 Å². The van der Waals surface area contributed by atoms with Gasteiger partial charge in [-0.25, -0.2) is 0 Å². The quantitative estimate of drug-likeness (QED) is 0.555. The molecule has 6 aliphatic rings. The summed E-state index contributed by atoms with van der Waals surface area (Å²) in [5, 5.41) is 0. The van der Waals surface area contributed by atoms with E-state index in [2.05, 4.69) is 0 Å². The summed E-state index contributed by atoms with van der Waals surface area (Å²) >= 11 is 0. The third-order valence-corrected chi connectivity index (χ3v) is 6.89. The summed E-state index contributed by atoms with van der Waals surface area (Å²) in [4.78, 5) is 0. The molecule has 0 radical (unpaired) electrons. The van der Waals surface area contributed by atoms with Crippen molar-refractivity contribution < 1.29 is 0 Å². The second kappa shape index (κ2) is 3.75. The Morgan fingerprint density at radius 1 is 0.312 bits per heavy atom. The van der Waals surface area contributed by atoms with Crippen LogP contribution >= 0.6 is 0 Å². The average Bonchev–Trinajstić information content (AvgIpc) is 2.28. The fourth-order valence-corrected chi connectivity index (χ4v) is 6.10. The summed E-state index contributed by atoms with van der Waals surface area (Å²) in [6, 6.07) is 0. The van der Waals surface area contributed by atoms with E-state index in [-0.39, 0.29) is 0 Å². The van der Waals surface area contributed by atoms with Crippen molar-refractivity contribution in [2.75, 3.05) is 0 Å². The topological polar surface area (TPSA) is 0 Å². The highest BCUT2D eigenvalue weighted by molar-refractivity contribution is 4.95. The number of rotatable bonds is 0. The minimum atomic E-state index is 1.15. The molecule has 6 saturated carbocycles. The second-order valence-electron chi connectivity index (χ2n) is 7.25. The lowest BCUT2D eigenvalue weighted by Gasteiger charge is -2.51. The molecule has 0 saturated heterocycles. The van der Waals surface area contributed by atoms with E-state index in [4.69, 9.17) is 0 Å². The van der Waals surface area contributed by atoms with Crippen molar-refractivity contribution in [1.82, 2.24) is 0 Å². The first kappa shape index (κ1) is 9.97. The molecule has 6 rings (SSSR count). The Kier molecular flexibility index (Phi) is 2.34. The lowest BCUT2D eigenvalue weighted by Crippen LogP contribution is -2.41. The van der Waals surface area contributed by atoms with Crippen LogP contribution in [0.25, 0.3) is 0 Å². The molecular weight excluding hydrogens is 192 g/mol. The predicted octanol–water partition coefficient (Wildman–Crippen LogP) is 4.64. The summed E-state index contributed by atoms with van der Waals surface area (Å²) in [6.07, 6.45) is 16.1. The van der Waals surface area contributed by atoms with Crippen LogP contribution in [0.1, 0.15) is 64.2 Å². The second-order valence-corrected chi connectivity index (χ2v) is 7.25. The number of fused-ring (bicyclic) bond motifs is 4. The van der Waals surface area contributed by atoms with Crippen molar-refractivity contribution in [3.63, 3.8) is 0 Å². The van der Waals surface area contributed by atoms with Gasteiger partial charge in [-0.1, -0.05) is 0 Å². The van der Waals surface area contributed by atoms with E-state index in [0.717, 1.165) is 35.5 Å². The highest BCUT2D eigenvalue weighted by Crippen LogP contribution is 2.55. The van der Waals surface area contributed by atoms with Gasteiger partial charge in [0.1, 0.15) is 0 Å². The molecule has 0 aromatic rings. The minimum Gasteiger partial charge on any atom is -0.0499 e. The van der Waals surface area contributed by atoms with E-state index >= 15 is 0 Å². The maximum Gasteiger partial charge on any atom is -0.0357 e. The largest absolute Gasteiger partial charge is 0.0499 e. The summed E-state index contributed by atoms with van der Waals surface area (Å²) in [6.45, 7) is 0. The Bertz CT molecular complexity index is 201. The van der Waals surface area contributed by atoms with Gasteiger partial charge in [-0.2, -0.15) is 0 Å². The maximum absolute atomic E-state index is 1.62. The Hall–Kier alpha value is 0. The molecule has 6 fully saturated rings. The molecule has 6 bridgehead atoms. The average molecular weight is 218 g/mol. The molecule has 90 valence electrons. The van der Waals surface area contributed by atoms with Crippen LogP contribution in [0.4, 0.5) is 0 Å². The molecule has 0 aromatic carbocycles. The van der Waals surface area contributed by atoms with Gasteiger partial charge in [-0.3, -0.25) is 0 Å². The Morgan fingerprint density at radius 2 is 0.562 bits per heavy atom. The monoisotopic (exact) mass is 218 g/mol. The van der Waals surface area contributed by atoms with Gasteiger partial charge in [0.25, 0.3) is 0 Å². The molecule has 0 N–H and O–H groups in total. The third kappa shape index (κ3) is 1.41. The number of hydrogen-bond acceptors (Lipinski definition) is 0. The molecule has 0 atom stereocenters. The van der Waals surface area contributed by atoms with Crippen LogP contribution in [0.5, 0.6) is 0 Å². The van der Waals surface area contributed by atoms with Gasteiger partial charge in [-0.05, 0) is 99.7 Å². The maximum atomic E-state index is 1.62. The van der Waals surface area contributed by atoms with Crippen molar-refractivity contribution in [3.05, 3.63) is 0 Å². The normalized spacial score (nSPS) is 55.5. The highest BCUT2D eigenvalue weighted by atomic mass is 14.5. The van der Waals surface area contributed by atoms with Gasteiger partial charge in [-0.15, -0.1) is 0 Å². The van der Waals surface area contributed by atoms with Crippen molar-refractivity contribution in [2.24, 2.45) is 35.5 Å². The standard InChI is InChI=1S/C16H26/c1-2-12-4-3-11(1)15-9-10-16(12)14-7-5-13(15)6-8-14/h11-16H,1-10H2. The fourth-order valence-electron chi connectivity index (χ4n) is 6.10. The predicted molar refractivity (Wildman–Crippen MR) is 67.1 cm³/mol. The number of hydrogen-bond donors (Lipinski definition) is 0. The van der Waals surface area contributed by atoms with Gasteiger partial charge in [0, 0.05) is 0 Å². The molecule has 0 nitrogen and oxygen atoms in total. The lowest BCUT2D eigenvalue weighted by atomic mass is 9.54. The van der Waals surface area contributed by atoms with Gasteiger partial charge in [0.2, 0.25) is 0 Å². The van der Waals surface area contributed by atoms with Crippen LogP contribution in [-0.2, 0) is 0 Å². The summed E-state index contributed by atoms with van der Waals surface area (Å²) < 4.78 is 0. The molecular formula is C16H26. The van der Waals surface area contributed by atoms with E-state index in [1.165, 1.54) is 0 Å². The summed E-state index contributed by atoms with van der Waals surface area (Å²) in [5.74, 6) is 6.91. The Labute approximate surface area is 100 Å². The minimum absolute atomic E-state index is 1.15. The van der Waals surface area contributed by atoms with E-state index in [0.29, 0.717) is 0 Å². The first-order valence-corrected chi connectivity index (χ1v) is 7.92. The van der Waals surface area contributed by atoms with Crippen molar-refractivity contribution in [2.45, 2.75) is 64.2 Å². The van der Waals surface area contributed by atoms with Gasteiger partial charge in [0.05, 0.1) is 0 Å². The fraction of sp³-hybridized carbons (Fsp3) is 1.00. The molecule has 6 aliphatic carbocycles. The van der Waals surface area contributed by atoms with Crippen LogP contribution in [0.3, 0.4) is 0 Å². The van der Waals surface area contributed by atoms with Crippen molar-refractivity contribution >= 4 is 0 Å². The third-order valence-electron chi connectivity index (χ3n) is 6.89. The van der Waals surface area contributed by atoms with E-state index in [1.807, 2.05) is 0 Å². The molecule has 0 spiro atoms. The molecule has 0 amide bonds. The molecule has 0 heteroatoms. The van der Waals surface area contributed by atoms with Crippen LogP contribution in [0.2, 0.25) is 0 Å². The molecule has 0 unspecified atom stereocenters. The van der Waals surface area contributed by atoms with Crippen molar-refractivity contribution in [1.29, 1.82) is 0 Å². The zero-order valence-electron chi connectivity index (χ0n) is 10.5. The van der Waals surface area contributed by atoms with Crippen molar-refractivity contribution in [3.8, 4) is 0 Å². The molecule has 0 aliphatic heterocycles. The highest BCUT2D eigenvalue weighted by Gasteiger charge is 2.44. The van der Waals surface area contributed by atoms with Gasteiger partial charge < -0.3 is 0 Å². The van der Waals surface area contributed by atoms with Crippen LogP contribution in [0.15, 0.2) is 0 Å². The first-order valence-electron chi connectivity index (χ1n) is 7.92. The van der Waals surface area contributed by atoms with Crippen LogP contribution in [-0.4, -0.2) is 0 Å². The smallest absolute Gasteiger partial charge is 0.0357 e. The lowest BCUT2D eigenvalue weighted by molar-refractivity contribution is -0.00895. The summed E-state index contributed by atoms with van der Waals surface area (Å²) in [7, 11) is 0. The SMILES string of the molecule is C1CC2CCC1C1CCC2C2CCC1CC2. The molecule has 16 heavy (non-hydrogen) atoms. The van der Waals surface area contributed by atoms with Gasteiger partial charge >= 0.3 is 0 Å². The van der Waals surface area contributed by atoms with Gasteiger partial charge in [0.15, 0.2) is 0 Å². The first-order chi connectivity index (χ1) is 7.92. The van der Waals surface area contributed by atoms with E-state index in [1.54, 1.807) is 64.2 Å². The molecule has 0 aromatic heterocycles. The zero-order chi connectivity index (χ0) is 10.5. The van der Waals surface area contributed by atoms with Crippen LogP contribution < -0.4 is 0 Å². The van der Waals surface area contributed by atoms with E-state index in [9.17, 15) is 0 Å².